The Bertz CT molecular complexity index is 771. The molecule has 0 spiro atoms. The highest BCUT2D eigenvalue weighted by atomic mass is 32.2. The van der Waals surface area contributed by atoms with E-state index >= 15 is 0 Å². The maximum atomic E-state index is 12.7. The van der Waals surface area contributed by atoms with Gasteiger partial charge in [0, 0.05) is 25.7 Å². The number of sulfonamides is 1. The van der Waals surface area contributed by atoms with Gasteiger partial charge in [0.2, 0.25) is 15.9 Å². The van der Waals surface area contributed by atoms with Crippen LogP contribution < -0.4 is 5.32 Å². The van der Waals surface area contributed by atoms with Crippen LogP contribution in [0.3, 0.4) is 0 Å². The first-order valence-corrected chi connectivity index (χ1v) is 9.98. The van der Waals surface area contributed by atoms with E-state index in [-0.39, 0.29) is 16.7 Å². The molecule has 2 aliphatic carbocycles. The molecule has 5 nitrogen and oxygen atoms in total. The molecule has 6 heteroatoms. The summed E-state index contributed by atoms with van der Waals surface area (Å²) in [5.74, 6) is 1.33. The Morgan fingerprint density at radius 1 is 1.17 bits per heavy atom. The minimum atomic E-state index is -3.52. The quantitative estimate of drug-likeness (QED) is 0.908. The van der Waals surface area contributed by atoms with Gasteiger partial charge in [0.25, 0.3) is 0 Å². The topological polar surface area (TPSA) is 66.5 Å². The summed E-state index contributed by atoms with van der Waals surface area (Å²) in [6.45, 7) is 3.79. The zero-order valence-electron chi connectivity index (χ0n) is 14.8. The molecule has 0 aliphatic heterocycles. The van der Waals surface area contributed by atoms with Crippen molar-refractivity contribution in [2.75, 3.05) is 19.4 Å². The maximum Gasteiger partial charge on any atom is 0.242 e. The molecule has 2 saturated carbocycles. The van der Waals surface area contributed by atoms with Crippen LogP contribution in [0, 0.1) is 31.6 Å². The summed E-state index contributed by atoms with van der Waals surface area (Å²) in [6, 6.07) is 3.25. The van der Waals surface area contributed by atoms with Crippen molar-refractivity contribution >= 4 is 21.6 Å². The van der Waals surface area contributed by atoms with E-state index in [0.717, 1.165) is 24.0 Å². The lowest BCUT2D eigenvalue weighted by atomic mass is 9.88. The average Bonchev–Trinajstić information content (AvgIpc) is 3.14. The third kappa shape index (κ3) is 2.97. The summed E-state index contributed by atoms with van der Waals surface area (Å²) in [7, 11) is -0.496. The van der Waals surface area contributed by atoms with Gasteiger partial charge in [0.15, 0.2) is 0 Å². The Labute approximate surface area is 144 Å². The summed E-state index contributed by atoms with van der Waals surface area (Å²) in [5.41, 5.74) is 2.40. The lowest BCUT2D eigenvalue weighted by molar-refractivity contribution is -0.121. The van der Waals surface area contributed by atoms with E-state index in [1.165, 1.54) is 31.2 Å². The molecule has 132 valence electrons. The van der Waals surface area contributed by atoms with E-state index in [1.54, 1.807) is 12.1 Å². The van der Waals surface area contributed by atoms with Crippen molar-refractivity contribution in [2.45, 2.75) is 44.4 Å². The SMILES string of the molecule is Cc1cc(S(=O)(=O)N(C)C)cc(NC(=O)[C@H]2C[C@H]3CC[C@H]2C3)c1C. The first kappa shape index (κ1) is 17.4. The maximum absolute atomic E-state index is 12.7. The van der Waals surface area contributed by atoms with Crippen LogP contribution in [0.15, 0.2) is 17.0 Å². The predicted octanol–water partition coefficient (Wildman–Crippen LogP) is 2.93. The summed E-state index contributed by atoms with van der Waals surface area (Å²) in [5, 5.41) is 3.01. The number of rotatable bonds is 4. The zero-order valence-corrected chi connectivity index (χ0v) is 15.6. The van der Waals surface area contributed by atoms with Crippen molar-refractivity contribution in [3.63, 3.8) is 0 Å². The van der Waals surface area contributed by atoms with Gasteiger partial charge in [-0.25, -0.2) is 12.7 Å². The second-order valence-electron chi connectivity index (χ2n) is 7.47. The Balaban J connectivity index is 1.88. The molecule has 1 amide bonds. The molecule has 1 N–H and O–H groups in total. The molecule has 1 aromatic rings. The first-order valence-electron chi connectivity index (χ1n) is 8.54. The van der Waals surface area contributed by atoms with Gasteiger partial charge in [-0.3, -0.25) is 4.79 Å². The van der Waals surface area contributed by atoms with Crippen molar-refractivity contribution in [1.82, 2.24) is 4.31 Å². The molecule has 0 unspecified atom stereocenters. The van der Waals surface area contributed by atoms with Gasteiger partial charge in [-0.15, -0.1) is 0 Å². The van der Waals surface area contributed by atoms with Gasteiger partial charge in [-0.2, -0.15) is 0 Å². The van der Waals surface area contributed by atoms with Crippen molar-refractivity contribution in [3.05, 3.63) is 23.3 Å². The Kier molecular flexibility index (Phi) is 4.47. The number of amides is 1. The zero-order chi connectivity index (χ0) is 17.6. The highest BCUT2D eigenvalue weighted by molar-refractivity contribution is 7.89. The Hall–Kier alpha value is -1.40. The van der Waals surface area contributed by atoms with Crippen molar-refractivity contribution in [3.8, 4) is 0 Å². The predicted molar refractivity (Wildman–Crippen MR) is 94.4 cm³/mol. The molecule has 3 rings (SSSR count). The normalized spacial score (nSPS) is 26.1. The summed E-state index contributed by atoms with van der Waals surface area (Å²) < 4.78 is 26.0. The fourth-order valence-corrected chi connectivity index (χ4v) is 5.12. The summed E-state index contributed by atoms with van der Waals surface area (Å²) >= 11 is 0. The third-order valence-corrected chi connectivity index (χ3v) is 7.55. The Morgan fingerprint density at radius 2 is 1.88 bits per heavy atom. The molecular weight excluding hydrogens is 324 g/mol. The molecule has 0 aromatic heterocycles. The van der Waals surface area contributed by atoms with Crippen molar-refractivity contribution in [1.29, 1.82) is 0 Å². The van der Waals surface area contributed by atoms with E-state index in [1.807, 2.05) is 13.8 Å². The third-order valence-electron chi connectivity index (χ3n) is 5.75. The van der Waals surface area contributed by atoms with Crippen molar-refractivity contribution in [2.24, 2.45) is 17.8 Å². The van der Waals surface area contributed by atoms with Crippen molar-refractivity contribution < 1.29 is 13.2 Å². The number of aryl methyl sites for hydroxylation is 1. The average molecular weight is 350 g/mol. The number of nitrogens with zero attached hydrogens (tertiary/aromatic N) is 1. The smallest absolute Gasteiger partial charge is 0.242 e. The lowest BCUT2D eigenvalue weighted by Gasteiger charge is -2.22. The number of anilines is 1. The molecule has 1 aromatic carbocycles. The molecule has 0 heterocycles. The van der Waals surface area contributed by atoms with Crippen LogP contribution in [0.25, 0.3) is 0 Å². The number of nitrogens with one attached hydrogen (secondary N) is 1. The summed E-state index contributed by atoms with van der Waals surface area (Å²) in [4.78, 5) is 12.9. The standard InChI is InChI=1S/C18H26N2O3S/c1-11-7-15(24(22,23)20(3)4)10-17(12(11)2)19-18(21)16-9-13-5-6-14(16)8-13/h7,10,13-14,16H,5-6,8-9H2,1-4H3,(H,19,21)/t13-,14-,16-/m0/s1. The largest absolute Gasteiger partial charge is 0.326 e. The van der Waals surface area contributed by atoms with E-state index in [2.05, 4.69) is 5.32 Å². The van der Waals surface area contributed by atoms with Crippen LogP contribution in [0.2, 0.25) is 0 Å². The van der Waals surface area contributed by atoms with E-state index in [4.69, 9.17) is 0 Å². The van der Waals surface area contributed by atoms with Gasteiger partial charge in [0.05, 0.1) is 4.90 Å². The highest BCUT2D eigenvalue weighted by Gasteiger charge is 2.43. The number of carbonyl (C=O) groups is 1. The number of hydrogen-bond donors (Lipinski definition) is 1. The van der Waals surface area contributed by atoms with E-state index in [9.17, 15) is 13.2 Å². The second kappa shape index (κ2) is 6.15. The first-order chi connectivity index (χ1) is 11.2. The molecule has 3 atom stereocenters. The molecule has 2 bridgehead atoms. The minimum absolute atomic E-state index is 0.0455. The molecular formula is C18H26N2O3S. The van der Waals surface area contributed by atoms with E-state index in [0.29, 0.717) is 17.5 Å². The highest BCUT2D eigenvalue weighted by Crippen LogP contribution is 2.48. The second-order valence-corrected chi connectivity index (χ2v) is 9.62. The minimum Gasteiger partial charge on any atom is -0.326 e. The van der Waals surface area contributed by atoms with Crippen LogP contribution in [0.1, 0.15) is 36.8 Å². The van der Waals surface area contributed by atoms with Crippen LogP contribution in [-0.4, -0.2) is 32.7 Å². The van der Waals surface area contributed by atoms with Crippen LogP contribution >= 0.6 is 0 Å². The van der Waals surface area contributed by atoms with Gasteiger partial charge in [-0.1, -0.05) is 6.42 Å². The van der Waals surface area contributed by atoms with Crippen LogP contribution in [0.4, 0.5) is 5.69 Å². The molecule has 0 saturated heterocycles. The fraction of sp³-hybridized carbons (Fsp3) is 0.611. The molecule has 0 radical (unpaired) electrons. The molecule has 2 fully saturated rings. The van der Waals surface area contributed by atoms with Gasteiger partial charge in [0.1, 0.15) is 0 Å². The lowest BCUT2D eigenvalue weighted by Crippen LogP contribution is -2.28. The summed E-state index contributed by atoms with van der Waals surface area (Å²) in [6.07, 6.45) is 4.55. The van der Waals surface area contributed by atoms with Gasteiger partial charge < -0.3 is 5.32 Å². The Morgan fingerprint density at radius 3 is 2.42 bits per heavy atom. The molecule has 2 aliphatic rings. The fourth-order valence-electron chi connectivity index (χ4n) is 4.11. The van der Waals surface area contributed by atoms with E-state index < -0.39 is 10.0 Å². The van der Waals surface area contributed by atoms with Gasteiger partial charge in [-0.05, 0) is 68.2 Å². The molecule has 24 heavy (non-hydrogen) atoms. The number of fused-ring (bicyclic) bond motifs is 2. The van der Waals surface area contributed by atoms with Crippen LogP contribution in [-0.2, 0) is 14.8 Å². The number of carbonyl (C=O) groups excluding carboxylic acids is 1. The van der Waals surface area contributed by atoms with Crippen LogP contribution in [0.5, 0.6) is 0 Å². The van der Waals surface area contributed by atoms with Gasteiger partial charge >= 0.3 is 0 Å². The number of hydrogen-bond acceptors (Lipinski definition) is 3. The number of benzene rings is 1. The monoisotopic (exact) mass is 350 g/mol.